The van der Waals surface area contributed by atoms with E-state index in [0.717, 1.165) is 37.4 Å². The number of nitrogens with one attached hydrogen (secondary N) is 1. The Kier molecular flexibility index (Phi) is 3.66. The molecule has 1 saturated carbocycles. The molecular weight excluding hydrogens is 294 g/mol. The lowest BCUT2D eigenvalue weighted by molar-refractivity contribution is -0.114. The number of rotatable bonds is 1. The first-order valence-electron chi connectivity index (χ1n) is 8.28. The van der Waals surface area contributed by atoms with Gasteiger partial charge in [0, 0.05) is 19.1 Å². The molecule has 0 bridgehead atoms. The highest BCUT2D eigenvalue weighted by molar-refractivity contribution is 5.94. The minimum Gasteiger partial charge on any atom is -0.488 e. The van der Waals surface area contributed by atoms with Gasteiger partial charge in [0.15, 0.2) is 0 Å². The van der Waals surface area contributed by atoms with Gasteiger partial charge in [-0.1, -0.05) is 12.1 Å². The van der Waals surface area contributed by atoms with E-state index in [0.29, 0.717) is 25.8 Å². The highest BCUT2D eigenvalue weighted by Gasteiger charge is 2.43. The standard InChI is InChI=1S/C17H23N3O3/c1-19-8-9-23-17(10-19)11-20(16(21)18-13-6-7-13)14-4-2-3-5-15(14)22-12-17/h2-5,13H,6-12H2,1H3,(H,18,21). The first-order chi connectivity index (χ1) is 11.2. The summed E-state index contributed by atoms with van der Waals surface area (Å²) in [5.41, 5.74) is 0.340. The van der Waals surface area contributed by atoms with Crippen LogP contribution >= 0.6 is 0 Å². The molecule has 2 fully saturated rings. The fraction of sp³-hybridized carbons (Fsp3) is 0.588. The van der Waals surface area contributed by atoms with Gasteiger partial charge in [-0.2, -0.15) is 0 Å². The van der Waals surface area contributed by atoms with Gasteiger partial charge in [-0.25, -0.2) is 4.79 Å². The zero-order valence-electron chi connectivity index (χ0n) is 13.5. The van der Waals surface area contributed by atoms with Gasteiger partial charge >= 0.3 is 6.03 Å². The quantitative estimate of drug-likeness (QED) is 0.852. The minimum absolute atomic E-state index is 0.0540. The van der Waals surface area contributed by atoms with Gasteiger partial charge in [0.2, 0.25) is 0 Å². The second kappa shape index (κ2) is 5.69. The molecule has 124 valence electrons. The van der Waals surface area contributed by atoms with E-state index in [-0.39, 0.29) is 6.03 Å². The molecule has 23 heavy (non-hydrogen) atoms. The van der Waals surface area contributed by atoms with Crippen LogP contribution in [-0.2, 0) is 4.74 Å². The van der Waals surface area contributed by atoms with Crippen LogP contribution in [0.25, 0.3) is 0 Å². The smallest absolute Gasteiger partial charge is 0.322 e. The van der Waals surface area contributed by atoms with Crippen molar-refractivity contribution < 1.29 is 14.3 Å². The summed E-state index contributed by atoms with van der Waals surface area (Å²) < 4.78 is 12.1. The molecule has 1 unspecified atom stereocenters. The highest BCUT2D eigenvalue weighted by atomic mass is 16.5. The van der Waals surface area contributed by atoms with Crippen molar-refractivity contribution in [3.63, 3.8) is 0 Å². The highest BCUT2D eigenvalue weighted by Crippen LogP contribution is 2.35. The van der Waals surface area contributed by atoms with E-state index >= 15 is 0 Å². The van der Waals surface area contributed by atoms with E-state index in [1.165, 1.54) is 0 Å². The lowest BCUT2D eigenvalue weighted by atomic mass is 10.0. The van der Waals surface area contributed by atoms with Gasteiger partial charge in [-0.3, -0.25) is 4.90 Å². The van der Waals surface area contributed by atoms with Crippen LogP contribution in [-0.4, -0.2) is 62.5 Å². The number of hydrogen-bond donors (Lipinski definition) is 1. The first-order valence-corrected chi connectivity index (χ1v) is 8.28. The predicted octanol–water partition coefficient (Wildman–Crippen LogP) is 1.46. The largest absolute Gasteiger partial charge is 0.488 e. The second-order valence-corrected chi connectivity index (χ2v) is 6.84. The third-order valence-electron chi connectivity index (χ3n) is 4.68. The van der Waals surface area contributed by atoms with Crippen molar-refractivity contribution in [1.82, 2.24) is 10.2 Å². The third-order valence-corrected chi connectivity index (χ3v) is 4.68. The monoisotopic (exact) mass is 317 g/mol. The number of anilines is 1. The van der Waals surface area contributed by atoms with E-state index in [9.17, 15) is 4.79 Å². The van der Waals surface area contributed by atoms with Crippen LogP contribution in [0.15, 0.2) is 24.3 Å². The van der Waals surface area contributed by atoms with Gasteiger partial charge in [0.25, 0.3) is 0 Å². The summed E-state index contributed by atoms with van der Waals surface area (Å²) in [6, 6.07) is 7.99. The number of benzene rings is 1. The Hall–Kier alpha value is -1.79. The van der Waals surface area contributed by atoms with E-state index in [1.54, 1.807) is 4.90 Å². The summed E-state index contributed by atoms with van der Waals surface area (Å²) in [7, 11) is 2.08. The Morgan fingerprint density at radius 3 is 2.91 bits per heavy atom. The maximum absolute atomic E-state index is 12.8. The van der Waals surface area contributed by atoms with Crippen molar-refractivity contribution in [2.24, 2.45) is 0 Å². The fourth-order valence-corrected chi connectivity index (χ4v) is 3.31. The Balaban J connectivity index is 1.65. The van der Waals surface area contributed by atoms with E-state index in [1.807, 2.05) is 24.3 Å². The lowest BCUT2D eigenvalue weighted by Crippen LogP contribution is -2.60. The minimum atomic E-state index is -0.479. The first kappa shape index (κ1) is 14.8. The van der Waals surface area contributed by atoms with Crippen molar-refractivity contribution in [3.05, 3.63) is 24.3 Å². The zero-order valence-corrected chi connectivity index (χ0v) is 13.5. The molecule has 1 aromatic rings. The van der Waals surface area contributed by atoms with E-state index in [4.69, 9.17) is 9.47 Å². The van der Waals surface area contributed by atoms with E-state index in [2.05, 4.69) is 17.3 Å². The van der Waals surface area contributed by atoms with Crippen LogP contribution in [0.4, 0.5) is 10.5 Å². The molecule has 0 radical (unpaired) electrons. The number of carbonyl (C=O) groups excluding carboxylic acids is 1. The number of morpholine rings is 1. The summed E-state index contributed by atoms with van der Waals surface area (Å²) >= 11 is 0. The van der Waals surface area contributed by atoms with Crippen LogP contribution in [0.5, 0.6) is 5.75 Å². The van der Waals surface area contributed by atoms with Gasteiger partial charge in [-0.05, 0) is 32.0 Å². The van der Waals surface area contributed by atoms with E-state index < -0.39 is 5.60 Å². The van der Waals surface area contributed by atoms with Crippen LogP contribution in [0.1, 0.15) is 12.8 Å². The molecule has 0 aromatic heterocycles. The molecule has 4 rings (SSSR count). The summed E-state index contributed by atoms with van der Waals surface area (Å²) in [5.74, 6) is 0.743. The Labute approximate surface area is 136 Å². The molecule has 1 aromatic carbocycles. The molecule has 2 amide bonds. The molecule has 1 aliphatic carbocycles. The van der Waals surface area contributed by atoms with Gasteiger partial charge in [0.1, 0.15) is 18.0 Å². The SMILES string of the molecule is CN1CCOC2(COc3ccccc3N(C(=O)NC3CC3)C2)C1. The lowest BCUT2D eigenvalue weighted by Gasteiger charge is -2.41. The maximum atomic E-state index is 12.8. The van der Waals surface area contributed by atoms with Gasteiger partial charge in [-0.15, -0.1) is 0 Å². The van der Waals surface area contributed by atoms with Crippen LogP contribution < -0.4 is 15.0 Å². The van der Waals surface area contributed by atoms with Crippen molar-refractivity contribution in [2.75, 3.05) is 44.8 Å². The molecule has 1 spiro atoms. The normalized spacial score (nSPS) is 28.0. The number of amides is 2. The molecule has 1 saturated heterocycles. The summed E-state index contributed by atoms with van der Waals surface area (Å²) in [6.07, 6.45) is 2.14. The molecule has 6 heteroatoms. The molecule has 1 N–H and O–H groups in total. The Bertz CT molecular complexity index is 605. The number of fused-ring (bicyclic) bond motifs is 1. The molecule has 1 atom stereocenters. The Morgan fingerprint density at radius 1 is 1.30 bits per heavy atom. The van der Waals surface area contributed by atoms with Crippen molar-refractivity contribution in [1.29, 1.82) is 0 Å². The average molecular weight is 317 g/mol. The van der Waals surface area contributed by atoms with Crippen molar-refractivity contribution in [2.45, 2.75) is 24.5 Å². The van der Waals surface area contributed by atoms with Crippen LogP contribution in [0.3, 0.4) is 0 Å². The predicted molar refractivity (Wildman–Crippen MR) is 87.0 cm³/mol. The topological polar surface area (TPSA) is 54.0 Å². The summed E-state index contributed by atoms with van der Waals surface area (Å²) in [6.45, 7) is 3.29. The molecular formula is C17H23N3O3. The Morgan fingerprint density at radius 2 is 2.13 bits per heavy atom. The number of carbonyl (C=O) groups is 1. The molecule has 6 nitrogen and oxygen atoms in total. The molecule has 3 aliphatic rings. The summed E-state index contributed by atoms with van der Waals surface area (Å²) in [5, 5.41) is 3.09. The number of para-hydroxylation sites is 2. The molecule has 2 aliphatic heterocycles. The number of nitrogens with zero attached hydrogens (tertiary/aromatic N) is 2. The van der Waals surface area contributed by atoms with Crippen LogP contribution in [0, 0.1) is 0 Å². The number of likely N-dealkylation sites (N-methyl/N-ethyl adjacent to an activating group) is 1. The maximum Gasteiger partial charge on any atom is 0.322 e. The number of urea groups is 1. The van der Waals surface area contributed by atoms with Gasteiger partial charge in [0.05, 0.1) is 18.8 Å². The second-order valence-electron chi connectivity index (χ2n) is 6.84. The fourth-order valence-electron chi connectivity index (χ4n) is 3.31. The van der Waals surface area contributed by atoms with Gasteiger partial charge < -0.3 is 19.7 Å². The van der Waals surface area contributed by atoms with Crippen molar-refractivity contribution in [3.8, 4) is 5.75 Å². The summed E-state index contributed by atoms with van der Waals surface area (Å²) in [4.78, 5) is 16.8. The molecule has 2 heterocycles. The number of hydrogen-bond acceptors (Lipinski definition) is 4. The number of ether oxygens (including phenoxy) is 2. The van der Waals surface area contributed by atoms with Crippen molar-refractivity contribution >= 4 is 11.7 Å². The third kappa shape index (κ3) is 3.01. The average Bonchev–Trinajstić information content (AvgIpc) is 3.36. The zero-order chi connectivity index (χ0) is 15.9. The van der Waals surface area contributed by atoms with Crippen LogP contribution in [0.2, 0.25) is 0 Å².